The molecule has 0 N–H and O–H groups in total. The predicted molar refractivity (Wildman–Crippen MR) is 206 cm³/mol. The van der Waals surface area contributed by atoms with Gasteiger partial charge < -0.3 is 0 Å². The van der Waals surface area contributed by atoms with Crippen molar-refractivity contribution >= 4 is 212 Å². The lowest BCUT2D eigenvalue weighted by Gasteiger charge is -2.11. The van der Waals surface area contributed by atoms with E-state index >= 15 is 0 Å². The second kappa shape index (κ2) is 20.8. The summed E-state index contributed by atoms with van der Waals surface area (Å²) in [5.41, 5.74) is 3.65. The third-order valence-corrected chi connectivity index (χ3v) is 17.1. The summed E-state index contributed by atoms with van der Waals surface area (Å²) < 4.78 is 10.3. The molecule has 0 aliphatic carbocycles. The zero-order valence-corrected chi connectivity index (χ0v) is 38.2. The number of alkyl halides is 1. The molecule has 0 unspecified atom stereocenters. The summed E-state index contributed by atoms with van der Waals surface area (Å²) >= 11 is 41.2. The van der Waals surface area contributed by atoms with E-state index in [-0.39, 0.29) is 0 Å². The van der Waals surface area contributed by atoms with Crippen molar-refractivity contribution in [2.24, 2.45) is 0 Å². The summed E-state index contributed by atoms with van der Waals surface area (Å²) in [6.45, 7) is 4.12. The molecule has 0 nitrogen and oxygen atoms in total. The number of benzene rings is 3. The van der Waals surface area contributed by atoms with Crippen molar-refractivity contribution in [2.75, 3.05) is 0 Å². The summed E-state index contributed by atoms with van der Waals surface area (Å²) in [6, 6.07) is 10.3. The van der Waals surface area contributed by atoms with Crippen LogP contribution in [0.5, 0.6) is 0 Å². The number of aryl methyl sites for hydroxylation is 1. The average Bonchev–Trinajstić information content (AvgIpc) is 2.84. The van der Waals surface area contributed by atoms with Gasteiger partial charge in [0.1, 0.15) is 15.1 Å². The van der Waals surface area contributed by atoms with Gasteiger partial charge in [0.05, 0.1) is 0 Å². The number of halogens is 12. The zero-order valence-electron chi connectivity index (χ0n) is 18.2. The highest BCUT2D eigenvalue weighted by Crippen LogP contribution is 2.45. The van der Waals surface area contributed by atoms with E-state index in [0.717, 1.165) is 55.6 Å². The predicted octanol–water partition coefficient (Wildman–Crippen LogP) is 15.1. The lowest BCUT2D eigenvalue weighted by atomic mass is 10.2. The summed E-state index contributed by atoms with van der Waals surface area (Å²) in [7, 11) is 9.74. The van der Waals surface area contributed by atoms with Crippen molar-refractivity contribution in [2.45, 2.75) is 19.2 Å². The number of hydrogen-bond donors (Lipinski definition) is 0. The van der Waals surface area contributed by atoms with E-state index in [9.17, 15) is 0 Å². The molecule has 0 saturated heterocycles. The van der Waals surface area contributed by atoms with Crippen molar-refractivity contribution in [3.05, 3.63) is 91.7 Å². The minimum atomic E-state index is -0.808. The van der Waals surface area contributed by atoms with Gasteiger partial charge in [0.15, 0.2) is 0 Å². The first-order chi connectivity index (χ1) is 16.6. The lowest BCUT2D eigenvalue weighted by molar-refractivity contribution is 1.31. The van der Waals surface area contributed by atoms with E-state index in [4.69, 9.17) is 15.1 Å². The molecule has 0 aromatic heterocycles. The molecule has 3 rings (SSSR count). The molecule has 3 aromatic carbocycles. The van der Waals surface area contributed by atoms with Gasteiger partial charge in [-0.2, -0.15) is 0 Å². The first-order valence-electron chi connectivity index (χ1n) is 9.11. The maximum absolute atomic E-state index is 4.87. The summed E-state index contributed by atoms with van der Waals surface area (Å²) in [5.74, 6) is 0. The minimum Gasteiger partial charge on any atom is -0.136 e. The molecule has 192 valence electrons. The fraction of sp³-hybridized carbons (Fsp3) is 0.143. The summed E-state index contributed by atoms with van der Waals surface area (Å²) in [6.07, 6.45) is -0.808. The molecule has 0 saturated carbocycles. The Kier molecular flexibility index (Phi) is 23.1. The zero-order chi connectivity index (χ0) is 28.3. The van der Waals surface area contributed by atoms with Gasteiger partial charge in [0.2, 0.25) is 0 Å². The number of rotatable bonds is 1. The highest BCUT2D eigenvalue weighted by Gasteiger charge is 2.16. The van der Waals surface area contributed by atoms with Crippen LogP contribution in [0, 0.1) is 13.8 Å². The first kappa shape index (κ1) is 40.0. The second-order valence-corrected chi connectivity index (χ2v) is 18.0. The van der Waals surface area contributed by atoms with Crippen LogP contribution in [0.4, 0.5) is 0 Å². The van der Waals surface area contributed by atoms with Crippen LogP contribution in [0.1, 0.15) is 16.7 Å². The van der Waals surface area contributed by atoms with E-state index in [2.05, 4.69) is 210 Å². The smallest absolute Gasteiger partial charge is 0.110 e. The molecule has 36 heavy (non-hydrogen) atoms. The van der Waals surface area contributed by atoms with Crippen LogP contribution in [0.15, 0.2) is 75.1 Å². The number of hydrogen-bond acceptors (Lipinski definition) is 0. The molecular formula is C21H13B2Br12P. The Morgan fingerprint density at radius 3 is 1.08 bits per heavy atom. The van der Waals surface area contributed by atoms with Gasteiger partial charge in [-0.15, -0.1) is 6.38 Å². The first-order valence-corrected chi connectivity index (χ1v) is 21.7. The van der Waals surface area contributed by atoms with E-state index in [0.29, 0.717) is 0 Å². The molecule has 0 atom stereocenters. The molecule has 4 radical (unpaired) electrons. The molecule has 0 aliphatic heterocycles. The van der Waals surface area contributed by atoms with Gasteiger partial charge in [0, 0.05) is 50.1 Å². The van der Waals surface area contributed by atoms with E-state index in [1.54, 1.807) is 0 Å². The van der Waals surface area contributed by atoms with Crippen LogP contribution in [-0.4, -0.2) is 15.1 Å². The third-order valence-electron chi connectivity index (χ3n) is 3.80. The third kappa shape index (κ3) is 13.5. The summed E-state index contributed by atoms with van der Waals surface area (Å²) in [4.78, 5) is 0. The van der Waals surface area contributed by atoms with Crippen LogP contribution in [0.2, 0.25) is 0 Å². The lowest BCUT2D eigenvalue weighted by Crippen LogP contribution is -1.88. The Bertz CT molecular complexity index is 1010. The molecule has 0 fully saturated rings. The van der Waals surface area contributed by atoms with E-state index < -0.39 is 6.38 Å². The molecule has 0 heterocycles. The van der Waals surface area contributed by atoms with E-state index in [1.165, 1.54) is 11.1 Å². The molecule has 0 spiro atoms. The van der Waals surface area contributed by atoms with Crippen LogP contribution < -0.4 is 0 Å². The van der Waals surface area contributed by atoms with Crippen molar-refractivity contribution < 1.29 is 0 Å². The van der Waals surface area contributed by atoms with E-state index in [1.807, 2.05) is 25.1 Å². The topological polar surface area (TPSA) is 0 Å². The fourth-order valence-electron chi connectivity index (χ4n) is 2.02. The Morgan fingerprint density at radius 2 is 0.833 bits per heavy atom. The SMILES string of the molecule is BrCc1c(Br)c(Br)c(Br)c(Br)c1Br.Cc1c(Br)c(Br)c(Br)c(Br)c1Br.Cc1ccccc1.[B]P([B])Br. The average molecular weight is 1280 g/mol. The van der Waals surface area contributed by atoms with Crippen molar-refractivity contribution in [1.82, 2.24) is 0 Å². The monoisotopic (exact) mass is 1270 g/mol. The van der Waals surface area contributed by atoms with Crippen molar-refractivity contribution in [3.63, 3.8) is 0 Å². The van der Waals surface area contributed by atoms with Crippen LogP contribution in [-0.2, 0) is 5.33 Å². The maximum Gasteiger partial charge on any atom is 0.110 e. The van der Waals surface area contributed by atoms with Crippen LogP contribution >= 0.6 is 197 Å². The molecule has 0 bridgehead atoms. The van der Waals surface area contributed by atoms with Gasteiger partial charge in [0.25, 0.3) is 0 Å². The van der Waals surface area contributed by atoms with Gasteiger partial charge >= 0.3 is 0 Å². The molecule has 0 amide bonds. The van der Waals surface area contributed by atoms with Gasteiger partial charge in [-0.3, -0.25) is 0 Å². The van der Waals surface area contributed by atoms with Crippen molar-refractivity contribution in [1.29, 1.82) is 0 Å². The molecule has 3 aromatic rings. The van der Waals surface area contributed by atoms with Gasteiger partial charge in [-0.25, -0.2) is 0 Å². The summed E-state index contributed by atoms with van der Waals surface area (Å²) in [5, 5.41) is 0.790. The standard InChI is InChI=1S/C7H2Br6.C7H3Br5.C7H8.B2BrP/c8-1-2-3(9)5(11)7(13)6(12)4(2)10;1-2-3(8)5(10)7(12)6(11)4(2)9;1-7-5-3-2-4-6-7;1-4(2)3/h1H2;1H3;2-6H,1H3;. The van der Waals surface area contributed by atoms with Crippen LogP contribution in [0.3, 0.4) is 0 Å². The fourth-order valence-corrected chi connectivity index (χ4v) is 9.98. The molecule has 15 heteroatoms. The largest absolute Gasteiger partial charge is 0.136 e. The van der Waals surface area contributed by atoms with Gasteiger partial charge in [-0.1, -0.05) is 67.3 Å². The quantitative estimate of drug-likeness (QED) is 0.0749. The van der Waals surface area contributed by atoms with Crippen LogP contribution in [0.25, 0.3) is 0 Å². The molecule has 0 aliphatic rings. The van der Waals surface area contributed by atoms with Gasteiger partial charge in [-0.05, 0) is 184 Å². The Hall–Kier alpha value is 3.98. The maximum atomic E-state index is 4.87. The Morgan fingerprint density at radius 1 is 0.556 bits per heavy atom. The second-order valence-electron chi connectivity index (χ2n) is 6.38. The highest BCUT2D eigenvalue weighted by molar-refractivity contribution is 9.43. The van der Waals surface area contributed by atoms with Crippen molar-refractivity contribution in [3.8, 4) is 0 Å². The normalized spacial score (nSPS) is 9.97. The minimum absolute atomic E-state index is 0.790. The Balaban J connectivity index is 0.000000490. The highest BCUT2D eigenvalue weighted by atomic mass is 79.9. The Labute approximate surface area is 317 Å². The molecular weight excluding hydrogens is 1260 g/mol.